The average molecular weight is 1520 g/mol. The molecule has 586 valence electrons. The highest BCUT2D eigenvalue weighted by Crippen LogP contribution is 2.31. The van der Waals surface area contributed by atoms with Crippen LogP contribution < -0.4 is 59.3 Å². The van der Waals surface area contributed by atoms with Crippen LogP contribution in [0.4, 0.5) is 5.69 Å². The number of allylic oxidation sites excluding steroid dienone is 1. The van der Waals surface area contributed by atoms with Gasteiger partial charge in [-0.2, -0.15) is 11.8 Å². The maximum absolute atomic E-state index is 14.6. The number of fused-ring (bicyclic) bond motifs is 1. The van der Waals surface area contributed by atoms with Crippen molar-refractivity contribution in [1.29, 1.82) is 0 Å². The van der Waals surface area contributed by atoms with Crippen molar-refractivity contribution in [3.05, 3.63) is 98.5 Å². The van der Waals surface area contributed by atoms with Crippen molar-refractivity contribution in [3.8, 4) is 0 Å². The molecular weight excluding hydrogens is 1420 g/mol. The Morgan fingerprint density at radius 1 is 0.682 bits per heavy atom. The Morgan fingerprint density at radius 3 is 1.79 bits per heavy atom. The summed E-state index contributed by atoms with van der Waals surface area (Å²) in [5.74, 6) is -13.3. The van der Waals surface area contributed by atoms with Crippen LogP contribution in [0.2, 0.25) is 0 Å². The molecule has 107 heavy (non-hydrogen) atoms. The Kier molecular flexibility index (Phi) is 35.0. The molecule has 1 saturated heterocycles. The summed E-state index contributed by atoms with van der Waals surface area (Å²) < 4.78 is 0. The molecule has 3 heterocycles. The van der Waals surface area contributed by atoms with E-state index in [0.29, 0.717) is 29.0 Å². The fourth-order valence-electron chi connectivity index (χ4n) is 11.6. The summed E-state index contributed by atoms with van der Waals surface area (Å²) in [6.07, 6.45) is 11.0. The molecule has 1 aliphatic heterocycles. The fourth-order valence-corrected chi connectivity index (χ4v) is 12.1. The first-order valence-electron chi connectivity index (χ1n) is 34.7. The van der Waals surface area contributed by atoms with E-state index in [0.717, 1.165) is 23.9 Å². The number of benzene rings is 1. The van der Waals surface area contributed by atoms with Gasteiger partial charge < -0.3 is 84.6 Å². The number of carbonyl (C=O) groups excluding carboxylic acids is 11. The number of primary amides is 2. The first-order valence-corrected chi connectivity index (χ1v) is 36.1. The molecule has 2 aromatic heterocycles. The molecule has 38 nitrogen and oxygen atoms in total. The van der Waals surface area contributed by atoms with Gasteiger partial charge in [0.25, 0.3) is 17.5 Å². The number of nitrogens with one attached hydrogen (secondary N) is 11. The normalized spacial score (nSPS) is 16.5. The topological polar surface area (TPSA) is 561 Å². The predicted octanol–water partition coefficient (Wildman–Crippen LogP) is -2.78. The molecule has 1 aliphatic carbocycles. The number of H-pyrrole nitrogens is 2. The van der Waals surface area contributed by atoms with Crippen LogP contribution in [0.25, 0.3) is 6.08 Å². The molecule has 1 fully saturated rings. The number of hydrogen-bond acceptors (Lipinski definition) is 22. The quantitative estimate of drug-likeness (QED) is 0.0156. The minimum absolute atomic E-state index is 0.0259. The molecule has 11 amide bonds. The number of amides is 11. The molecule has 39 heteroatoms. The molecule has 4 unspecified atom stereocenters. The van der Waals surface area contributed by atoms with Gasteiger partial charge in [0.05, 0.1) is 44.0 Å². The van der Waals surface area contributed by atoms with Crippen molar-refractivity contribution >= 4 is 106 Å². The number of rotatable bonds is 40. The van der Waals surface area contributed by atoms with Gasteiger partial charge in [0.2, 0.25) is 53.2 Å². The number of carbonyl (C=O) groups is 14. The number of aliphatic carboxylic acids is 3. The van der Waals surface area contributed by atoms with Gasteiger partial charge in [-0.05, 0) is 79.4 Å². The summed E-state index contributed by atoms with van der Waals surface area (Å²) in [5.41, 5.74) is 11.8. The highest BCUT2D eigenvalue weighted by molar-refractivity contribution is 7.98. The van der Waals surface area contributed by atoms with Crippen molar-refractivity contribution in [2.24, 2.45) is 23.3 Å². The Hall–Kier alpha value is -10.6. The van der Waals surface area contributed by atoms with Gasteiger partial charge in [-0.15, -0.1) is 0 Å². The van der Waals surface area contributed by atoms with E-state index in [1.54, 1.807) is 39.6 Å². The van der Waals surface area contributed by atoms with Crippen LogP contribution >= 0.6 is 11.8 Å². The lowest BCUT2D eigenvalue weighted by Crippen LogP contribution is -2.59. The largest absolute Gasteiger partial charge is 0.480 e. The van der Waals surface area contributed by atoms with E-state index in [1.807, 2.05) is 39.2 Å². The number of nitro groups is 1. The van der Waals surface area contributed by atoms with Gasteiger partial charge in [-0.3, -0.25) is 96.8 Å². The van der Waals surface area contributed by atoms with Crippen molar-refractivity contribution in [3.63, 3.8) is 0 Å². The van der Waals surface area contributed by atoms with E-state index in [9.17, 15) is 92.6 Å². The van der Waals surface area contributed by atoms with Crippen molar-refractivity contribution in [2.75, 3.05) is 97.1 Å². The fraction of sp³-hybridized carbons (Fsp3) is 0.544. The second-order valence-electron chi connectivity index (χ2n) is 26.8. The van der Waals surface area contributed by atoms with Gasteiger partial charge in [-0.1, -0.05) is 46.8 Å². The number of nitrogens with zero attached hydrogens (tertiary/aromatic N) is 6. The first kappa shape index (κ1) is 87.0. The minimum Gasteiger partial charge on any atom is -0.480 e. The number of imidazole rings is 1. The molecule has 1 aromatic carbocycles. The summed E-state index contributed by atoms with van der Waals surface area (Å²) in [6.45, 7) is 8.40. The van der Waals surface area contributed by atoms with E-state index < -0.39 is 174 Å². The highest BCUT2D eigenvalue weighted by Gasteiger charge is 2.35. The van der Waals surface area contributed by atoms with Gasteiger partial charge >= 0.3 is 17.9 Å². The zero-order valence-electron chi connectivity index (χ0n) is 60.9. The summed E-state index contributed by atoms with van der Waals surface area (Å²) in [7, 11) is 0. The second kappa shape index (κ2) is 43.1. The standard InChI is InChI=1S/C68H99N19O19S/c1-38(2)25-49(66(102)78-47(61(70)97)15-24-107-7)80-67(103)51(28-45-31-71-37-75-45)77-54(89)32-74-68(104)59(39(3)4)82-62(98)41(6)76-65(101)50(26-44-30-73-60-40(5)9-8-10-46(44)60)81-64(100)48(13-14-53(69)88)79-63(99)42-11-12-43(52(27-42)87(105)106)29-72-55(90)33-83-16-18-84(34-56(91)92)20-22-86(36-58(95)96)23-21-85(19-17-83)35-57(93)94/h8,10-13,27,30-31,37-41,47,49-51,59,73H,9,14-26,28-29,32-36H2,1-7H3,(H2,69,88)(H2,70,97)(H,71,75)(H,72,90)(H,74,104)(H,76,101)(H,77,89)(H,78,102)(H,79,99)(H,80,103)(H,81,100)(H,82,98)(H,91,92)(H,93,94)(H,95,96)/b48-13+/t40?,41-,47-,49-,50?,51?,59?/m0/s1. The van der Waals surface area contributed by atoms with Crippen molar-refractivity contribution < 1.29 is 87.4 Å². The van der Waals surface area contributed by atoms with Crippen LogP contribution in [0.5, 0.6) is 0 Å². The van der Waals surface area contributed by atoms with Gasteiger partial charge in [-0.25, -0.2) is 4.98 Å². The summed E-state index contributed by atoms with van der Waals surface area (Å²) in [5, 5.41) is 64.3. The second-order valence-corrected chi connectivity index (χ2v) is 27.8. The van der Waals surface area contributed by atoms with E-state index in [1.165, 1.54) is 37.3 Å². The van der Waals surface area contributed by atoms with E-state index in [-0.39, 0.29) is 114 Å². The molecule has 5 rings (SSSR count). The van der Waals surface area contributed by atoms with Crippen LogP contribution in [-0.4, -0.2) is 271 Å². The zero-order valence-corrected chi connectivity index (χ0v) is 61.7. The van der Waals surface area contributed by atoms with Gasteiger partial charge in [0.1, 0.15) is 41.9 Å². The summed E-state index contributed by atoms with van der Waals surface area (Å²) >= 11 is 1.44. The van der Waals surface area contributed by atoms with Crippen LogP contribution in [0, 0.1) is 22.0 Å². The maximum Gasteiger partial charge on any atom is 0.317 e. The molecule has 0 bridgehead atoms. The number of carboxylic acids is 3. The maximum atomic E-state index is 14.6. The molecule has 2 aliphatic rings. The van der Waals surface area contributed by atoms with Crippen molar-refractivity contribution in [2.45, 2.75) is 129 Å². The number of carboxylic acid groups (broad SMARTS) is 3. The molecule has 0 spiro atoms. The molecule has 7 atom stereocenters. The first-order chi connectivity index (χ1) is 50.6. The number of nitro benzene ring substituents is 1. The van der Waals surface area contributed by atoms with E-state index in [2.05, 4.69) is 62.8 Å². The number of thioether (sulfide) groups is 1. The van der Waals surface area contributed by atoms with Crippen LogP contribution in [-0.2, 0) is 81.7 Å². The third kappa shape index (κ3) is 29.7. The smallest absolute Gasteiger partial charge is 0.317 e. The average Bonchev–Trinajstić information content (AvgIpc) is 1.55. The zero-order chi connectivity index (χ0) is 79.2. The summed E-state index contributed by atoms with van der Waals surface area (Å²) in [4.78, 5) is 213. The minimum atomic E-state index is -1.57. The molecule has 0 radical (unpaired) electrons. The van der Waals surface area contributed by atoms with Crippen LogP contribution in [0.3, 0.4) is 0 Å². The van der Waals surface area contributed by atoms with E-state index >= 15 is 0 Å². The lowest BCUT2D eigenvalue weighted by molar-refractivity contribution is -0.385. The Bertz CT molecular complexity index is 3700. The summed E-state index contributed by atoms with van der Waals surface area (Å²) in [6, 6.07) is -4.64. The monoisotopic (exact) mass is 1520 g/mol. The molecular formula is C68H99N19O19S. The molecule has 0 saturated carbocycles. The number of hydrogen-bond donors (Lipinski definition) is 16. The SMILES string of the molecule is CSCC[C@H](NC(=O)[C@H](CC(C)C)NC(=O)C(Cc1cnc[nH]1)NC(=O)CNC(=O)C(NC(=O)[C@H](C)NC(=O)C(Cc1c[nH]c2c1C=CCC2C)NC(=O)/C(=C\CC(N)=O)NC(=O)c1ccc(CNC(=O)CN2CCN(CC(=O)O)CCN(CC(=O)O)CCN(CC(=O)O)CC2)c([N+](=O)[O-])c1)C(C)C)C(N)=O. The molecule has 18 N–H and O–H groups in total. The molecule has 3 aromatic rings. The highest BCUT2D eigenvalue weighted by atomic mass is 32.2. The Morgan fingerprint density at radius 2 is 1.25 bits per heavy atom. The van der Waals surface area contributed by atoms with Gasteiger partial charge in [0, 0.05) is 125 Å². The number of nitrogens with two attached hydrogens (primary N) is 2. The van der Waals surface area contributed by atoms with E-state index in [4.69, 9.17) is 11.5 Å². The van der Waals surface area contributed by atoms with Crippen molar-refractivity contribution in [1.82, 2.24) is 82.4 Å². The van der Waals surface area contributed by atoms with Crippen LogP contribution in [0.1, 0.15) is 112 Å². The number of aromatic nitrogens is 3. The van der Waals surface area contributed by atoms with Crippen LogP contribution in [0.15, 0.2) is 54.8 Å². The number of aromatic amines is 2. The predicted molar refractivity (Wildman–Crippen MR) is 389 cm³/mol. The third-order valence-corrected chi connectivity index (χ3v) is 18.1. The Labute approximate surface area is 621 Å². The lowest BCUT2D eigenvalue weighted by Gasteiger charge is -2.32. The third-order valence-electron chi connectivity index (χ3n) is 17.4. The lowest BCUT2D eigenvalue weighted by atomic mass is 9.91. The Balaban J connectivity index is 1.29. The van der Waals surface area contributed by atoms with Gasteiger partial charge in [0.15, 0.2) is 0 Å².